The second-order valence-electron chi connectivity index (χ2n) is 4.33. The molecule has 1 heterocycles. The van der Waals surface area contributed by atoms with Crippen molar-refractivity contribution >= 4 is 35.8 Å². The molecule has 0 spiro atoms. The third kappa shape index (κ3) is 6.26. The molecule has 19 heavy (non-hydrogen) atoms. The van der Waals surface area contributed by atoms with E-state index < -0.39 is 0 Å². The number of likely N-dealkylation sites (tertiary alicyclic amines) is 1. The fourth-order valence-corrected chi connectivity index (χ4v) is 2.00. The molecule has 0 bridgehead atoms. The van der Waals surface area contributed by atoms with Gasteiger partial charge in [-0.15, -0.1) is 30.6 Å². The SMILES string of the molecule is C=CCN=C(NCC)NC1CCN(C(=O)CC)C1.I. The van der Waals surface area contributed by atoms with Crippen molar-refractivity contribution in [3.8, 4) is 0 Å². The first-order valence-electron chi connectivity index (χ1n) is 6.64. The molecule has 1 unspecified atom stereocenters. The zero-order chi connectivity index (χ0) is 13.4. The third-order valence-corrected chi connectivity index (χ3v) is 2.91. The first-order chi connectivity index (χ1) is 8.71. The number of aliphatic imine (C=N–C) groups is 1. The molecule has 0 aliphatic carbocycles. The molecule has 110 valence electrons. The van der Waals surface area contributed by atoms with Crippen LogP contribution in [0.25, 0.3) is 0 Å². The molecule has 1 fully saturated rings. The molecule has 0 saturated carbocycles. The molecule has 1 aliphatic heterocycles. The van der Waals surface area contributed by atoms with E-state index in [-0.39, 0.29) is 29.9 Å². The Morgan fingerprint density at radius 2 is 2.26 bits per heavy atom. The van der Waals surface area contributed by atoms with E-state index >= 15 is 0 Å². The van der Waals surface area contributed by atoms with Gasteiger partial charge in [0.05, 0.1) is 6.54 Å². The largest absolute Gasteiger partial charge is 0.357 e. The third-order valence-electron chi connectivity index (χ3n) is 2.91. The maximum absolute atomic E-state index is 11.6. The number of nitrogens with zero attached hydrogens (tertiary/aromatic N) is 2. The summed E-state index contributed by atoms with van der Waals surface area (Å²) in [6.45, 7) is 10.6. The highest BCUT2D eigenvalue weighted by molar-refractivity contribution is 14.0. The van der Waals surface area contributed by atoms with E-state index in [2.05, 4.69) is 22.2 Å². The zero-order valence-electron chi connectivity index (χ0n) is 11.8. The van der Waals surface area contributed by atoms with E-state index in [1.807, 2.05) is 18.7 Å². The Hall–Kier alpha value is -0.790. The molecule has 0 aromatic rings. The number of carbonyl (C=O) groups excluding carboxylic acids is 1. The molecule has 0 radical (unpaired) electrons. The van der Waals surface area contributed by atoms with Crippen molar-refractivity contribution in [2.24, 2.45) is 4.99 Å². The van der Waals surface area contributed by atoms with Gasteiger partial charge in [0.2, 0.25) is 5.91 Å². The van der Waals surface area contributed by atoms with Crippen LogP contribution in [0.3, 0.4) is 0 Å². The summed E-state index contributed by atoms with van der Waals surface area (Å²) in [7, 11) is 0. The van der Waals surface area contributed by atoms with Gasteiger partial charge in [0.1, 0.15) is 0 Å². The fourth-order valence-electron chi connectivity index (χ4n) is 2.00. The summed E-state index contributed by atoms with van der Waals surface area (Å²) in [5.41, 5.74) is 0. The first-order valence-corrected chi connectivity index (χ1v) is 6.64. The van der Waals surface area contributed by atoms with E-state index in [0.29, 0.717) is 19.0 Å². The number of carbonyl (C=O) groups is 1. The summed E-state index contributed by atoms with van der Waals surface area (Å²) in [6, 6.07) is 0.295. The minimum atomic E-state index is 0. The summed E-state index contributed by atoms with van der Waals surface area (Å²) in [5.74, 6) is 1.03. The summed E-state index contributed by atoms with van der Waals surface area (Å²) >= 11 is 0. The maximum atomic E-state index is 11.6. The van der Waals surface area contributed by atoms with Crippen molar-refractivity contribution in [2.45, 2.75) is 32.7 Å². The summed E-state index contributed by atoms with van der Waals surface area (Å²) in [5, 5.41) is 6.55. The van der Waals surface area contributed by atoms with Crippen molar-refractivity contribution < 1.29 is 4.79 Å². The Kier molecular flexibility index (Phi) is 9.63. The van der Waals surface area contributed by atoms with Crippen LogP contribution >= 0.6 is 24.0 Å². The molecule has 2 N–H and O–H groups in total. The van der Waals surface area contributed by atoms with Crippen LogP contribution in [0.2, 0.25) is 0 Å². The molecule has 1 saturated heterocycles. The monoisotopic (exact) mass is 380 g/mol. The van der Waals surface area contributed by atoms with Gasteiger partial charge in [0, 0.05) is 32.1 Å². The molecular weight excluding hydrogens is 355 g/mol. The highest BCUT2D eigenvalue weighted by atomic mass is 127. The minimum Gasteiger partial charge on any atom is -0.357 e. The van der Waals surface area contributed by atoms with Crippen molar-refractivity contribution in [1.29, 1.82) is 0 Å². The van der Waals surface area contributed by atoms with Gasteiger partial charge in [-0.1, -0.05) is 13.0 Å². The van der Waals surface area contributed by atoms with Gasteiger partial charge in [-0.2, -0.15) is 0 Å². The van der Waals surface area contributed by atoms with Gasteiger partial charge >= 0.3 is 0 Å². The van der Waals surface area contributed by atoms with Crippen molar-refractivity contribution in [3.05, 3.63) is 12.7 Å². The van der Waals surface area contributed by atoms with Crippen LogP contribution < -0.4 is 10.6 Å². The Labute approximate surface area is 132 Å². The standard InChI is InChI=1S/C13H24N4O.HI/c1-4-8-15-13(14-6-3)16-11-7-9-17(10-11)12(18)5-2;/h4,11H,1,5-10H2,2-3H3,(H2,14,15,16);1H. The second-order valence-corrected chi connectivity index (χ2v) is 4.33. The first kappa shape index (κ1) is 18.2. The van der Waals surface area contributed by atoms with Crippen molar-refractivity contribution in [3.63, 3.8) is 0 Å². The molecule has 1 aliphatic rings. The zero-order valence-corrected chi connectivity index (χ0v) is 14.1. The molecular formula is C13H25IN4O. The Morgan fingerprint density at radius 1 is 1.53 bits per heavy atom. The molecule has 1 rings (SSSR count). The van der Waals surface area contributed by atoms with Crippen molar-refractivity contribution in [2.75, 3.05) is 26.2 Å². The highest BCUT2D eigenvalue weighted by Gasteiger charge is 2.25. The molecule has 5 nitrogen and oxygen atoms in total. The molecule has 1 amide bonds. The van der Waals surface area contributed by atoms with Crippen LogP contribution in [0, 0.1) is 0 Å². The van der Waals surface area contributed by atoms with Gasteiger partial charge < -0.3 is 15.5 Å². The van der Waals surface area contributed by atoms with Crippen molar-refractivity contribution in [1.82, 2.24) is 15.5 Å². The van der Waals surface area contributed by atoms with Gasteiger partial charge in [-0.3, -0.25) is 4.79 Å². The maximum Gasteiger partial charge on any atom is 0.222 e. The summed E-state index contributed by atoms with van der Waals surface area (Å²) in [6.07, 6.45) is 3.32. The predicted octanol–water partition coefficient (Wildman–Crippen LogP) is 1.36. The molecule has 0 aromatic carbocycles. The molecule has 1 atom stereocenters. The van der Waals surface area contributed by atoms with Gasteiger partial charge in [-0.05, 0) is 13.3 Å². The van der Waals surface area contributed by atoms with Crippen LogP contribution in [0.5, 0.6) is 0 Å². The number of rotatable bonds is 5. The van der Waals surface area contributed by atoms with Crippen LogP contribution in [0.1, 0.15) is 26.7 Å². The van der Waals surface area contributed by atoms with E-state index in [0.717, 1.165) is 32.0 Å². The Morgan fingerprint density at radius 3 is 2.84 bits per heavy atom. The Bertz CT molecular complexity index is 320. The average Bonchev–Trinajstić information content (AvgIpc) is 2.83. The van der Waals surface area contributed by atoms with Crippen LogP contribution in [0.15, 0.2) is 17.6 Å². The van der Waals surface area contributed by atoms with Crippen LogP contribution in [-0.4, -0.2) is 49.0 Å². The number of amides is 1. The topological polar surface area (TPSA) is 56.7 Å². The molecule has 0 aromatic heterocycles. The van der Waals surface area contributed by atoms with Gasteiger partial charge in [0.25, 0.3) is 0 Å². The number of nitrogens with one attached hydrogen (secondary N) is 2. The Balaban J connectivity index is 0.00000324. The van der Waals surface area contributed by atoms with E-state index in [9.17, 15) is 4.79 Å². The lowest BCUT2D eigenvalue weighted by Gasteiger charge is -2.18. The fraction of sp³-hybridized carbons (Fsp3) is 0.692. The van der Waals surface area contributed by atoms with Crippen LogP contribution in [-0.2, 0) is 4.79 Å². The number of halogens is 1. The molecule has 6 heteroatoms. The van der Waals surface area contributed by atoms with Crippen LogP contribution in [0.4, 0.5) is 0 Å². The summed E-state index contributed by atoms with van der Waals surface area (Å²) < 4.78 is 0. The van der Waals surface area contributed by atoms with Gasteiger partial charge in [-0.25, -0.2) is 4.99 Å². The smallest absolute Gasteiger partial charge is 0.222 e. The summed E-state index contributed by atoms with van der Waals surface area (Å²) in [4.78, 5) is 17.9. The van der Waals surface area contributed by atoms with E-state index in [1.54, 1.807) is 6.08 Å². The average molecular weight is 380 g/mol. The lowest BCUT2D eigenvalue weighted by molar-refractivity contribution is -0.129. The second kappa shape index (κ2) is 10.1. The predicted molar refractivity (Wildman–Crippen MR) is 90.0 cm³/mol. The quantitative estimate of drug-likeness (QED) is 0.328. The number of hydrogen-bond donors (Lipinski definition) is 2. The minimum absolute atomic E-state index is 0. The van der Waals surface area contributed by atoms with E-state index in [4.69, 9.17) is 0 Å². The highest BCUT2D eigenvalue weighted by Crippen LogP contribution is 2.10. The van der Waals surface area contributed by atoms with Gasteiger partial charge in [0.15, 0.2) is 5.96 Å². The lowest BCUT2D eigenvalue weighted by Crippen LogP contribution is -2.45. The number of guanidine groups is 1. The number of hydrogen-bond acceptors (Lipinski definition) is 2. The normalized spacial score (nSPS) is 18.7. The lowest BCUT2D eigenvalue weighted by atomic mass is 10.3. The van der Waals surface area contributed by atoms with E-state index in [1.165, 1.54) is 0 Å².